The monoisotopic (exact) mass is 307 g/mol. The molecule has 0 unspecified atom stereocenters. The third-order valence-electron chi connectivity index (χ3n) is 4.13. The number of hydrogen-bond donors (Lipinski definition) is 2. The van der Waals surface area contributed by atoms with Gasteiger partial charge < -0.3 is 15.8 Å². The molecule has 1 aromatic carbocycles. The second-order valence-corrected chi connectivity index (χ2v) is 6.38. The van der Waals surface area contributed by atoms with Crippen LogP contribution in [-0.4, -0.2) is 32.3 Å². The van der Waals surface area contributed by atoms with Gasteiger partial charge in [-0.25, -0.2) is 4.39 Å². The van der Waals surface area contributed by atoms with Gasteiger partial charge in [0, 0.05) is 25.2 Å². The van der Waals surface area contributed by atoms with Gasteiger partial charge in [-0.3, -0.25) is 4.99 Å². The number of nitrogens with one attached hydrogen (secondary N) is 1. The van der Waals surface area contributed by atoms with Crippen molar-refractivity contribution in [3.8, 4) is 0 Å². The Balaban J connectivity index is 2.14. The number of aliphatic imine (C=N–C) groups is 1. The SMILES string of the molecule is CC(C)CNC(N)=NCC1(c2cccc(F)c2)CCOCC1. The maximum absolute atomic E-state index is 13.6. The summed E-state index contributed by atoms with van der Waals surface area (Å²) in [6.07, 6.45) is 1.66. The highest BCUT2D eigenvalue weighted by Gasteiger charge is 2.34. The molecule has 0 aliphatic carbocycles. The summed E-state index contributed by atoms with van der Waals surface area (Å²) in [5.41, 5.74) is 6.73. The van der Waals surface area contributed by atoms with Crippen molar-refractivity contribution < 1.29 is 9.13 Å². The molecular formula is C17H26FN3O. The second kappa shape index (κ2) is 7.58. The smallest absolute Gasteiger partial charge is 0.188 e. The molecule has 3 N–H and O–H groups in total. The van der Waals surface area contributed by atoms with Crippen LogP contribution in [-0.2, 0) is 10.2 Å². The van der Waals surface area contributed by atoms with E-state index in [0.29, 0.717) is 31.6 Å². The molecule has 2 rings (SSSR count). The van der Waals surface area contributed by atoms with Gasteiger partial charge in [0.25, 0.3) is 0 Å². The molecule has 1 aliphatic rings. The van der Waals surface area contributed by atoms with Crippen molar-refractivity contribution in [2.45, 2.75) is 32.1 Å². The fourth-order valence-electron chi connectivity index (χ4n) is 2.72. The molecule has 1 fully saturated rings. The van der Waals surface area contributed by atoms with Crippen molar-refractivity contribution in [1.82, 2.24) is 5.32 Å². The highest BCUT2D eigenvalue weighted by Crippen LogP contribution is 2.35. The van der Waals surface area contributed by atoms with E-state index < -0.39 is 0 Å². The van der Waals surface area contributed by atoms with Gasteiger partial charge in [-0.15, -0.1) is 0 Å². The third kappa shape index (κ3) is 4.44. The van der Waals surface area contributed by atoms with E-state index in [9.17, 15) is 4.39 Å². The predicted octanol–water partition coefficient (Wildman–Crippen LogP) is 2.43. The van der Waals surface area contributed by atoms with E-state index in [1.165, 1.54) is 6.07 Å². The zero-order valence-corrected chi connectivity index (χ0v) is 13.4. The minimum absolute atomic E-state index is 0.190. The maximum Gasteiger partial charge on any atom is 0.188 e. The highest BCUT2D eigenvalue weighted by atomic mass is 19.1. The number of halogens is 1. The van der Waals surface area contributed by atoms with Gasteiger partial charge in [-0.1, -0.05) is 26.0 Å². The fourth-order valence-corrected chi connectivity index (χ4v) is 2.72. The molecule has 0 bridgehead atoms. The molecular weight excluding hydrogens is 281 g/mol. The average Bonchev–Trinajstić information content (AvgIpc) is 2.52. The minimum atomic E-state index is -0.210. The van der Waals surface area contributed by atoms with Crippen molar-refractivity contribution in [2.75, 3.05) is 26.3 Å². The van der Waals surface area contributed by atoms with Gasteiger partial charge in [0.05, 0.1) is 6.54 Å². The molecule has 122 valence electrons. The second-order valence-electron chi connectivity index (χ2n) is 6.38. The van der Waals surface area contributed by atoms with Gasteiger partial charge >= 0.3 is 0 Å². The molecule has 4 nitrogen and oxygen atoms in total. The van der Waals surface area contributed by atoms with Crippen LogP contribution in [0.1, 0.15) is 32.3 Å². The fraction of sp³-hybridized carbons (Fsp3) is 0.588. The summed E-state index contributed by atoms with van der Waals surface area (Å²) in [4.78, 5) is 4.50. The normalized spacial score (nSPS) is 18.5. The average molecular weight is 307 g/mol. The van der Waals surface area contributed by atoms with Crippen LogP contribution in [0.25, 0.3) is 0 Å². The number of nitrogens with zero attached hydrogens (tertiary/aromatic N) is 1. The Morgan fingerprint density at radius 3 is 2.77 bits per heavy atom. The first-order valence-corrected chi connectivity index (χ1v) is 7.89. The van der Waals surface area contributed by atoms with Gasteiger partial charge in [-0.2, -0.15) is 0 Å². The number of benzene rings is 1. The van der Waals surface area contributed by atoms with E-state index >= 15 is 0 Å². The number of nitrogens with two attached hydrogens (primary N) is 1. The Morgan fingerprint density at radius 1 is 1.41 bits per heavy atom. The van der Waals surface area contributed by atoms with Crippen LogP contribution >= 0.6 is 0 Å². The number of rotatable bonds is 5. The van der Waals surface area contributed by atoms with Crippen molar-refractivity contribution >= 4 is 5.96 Å². The van der Waals surface area contributed by atoms with Crippen molar-refractivity contribution in [2.24, 2.45) is 16.6 Å². The first kappa shape index (κ1) is 16.7. The Labute approximate surface area is 132 Å². The number of guanidine groups is 1. The lowest BCUT2D eigenvalue weighted by molar-refractivity contribution is 0.0530. The van der Waals surface area contributed by atoms with Gasteiger partial charge in [0.1, 0.15) is 5.82 Å². The van der Waals surface area contributed by atoms with Crippen LogP contribution in [0.15, 0.2) is 29.3 Å². The molecule has 1 heterocycles. The van der Waals surface area contributed by atoms with Crippen LogP contribution in [0.5, 0.6) is 0 Å². The van der Waals surface area contributed by atoms with Crippen LogP contribution in [0.3, 0.4) is 0 Å². The number of hydrogen-bond acceptors (Lipinski definition) is 2. The molecule has 0 atom stereocenters. The van der Waals surface area contributed by atoms with E-state index in [2.05, 4.69) is 24.2 Å². The van der Waals surface area contributed by atoms with E-state index in [-0.39, 0.29) is 11.2 Å². The topological polar surface area (TPSA) is 59.6 Å². The summed E-state index contributed by atoms with van der Waals surface area (Å²) in [6, 6.07) is 6.81. The zero-order chi connectivity index (χ0) is 16.0. The lowest BCUT2D eigenvalue weighted by atomic mass is 9.74. The summed E-state index contributed by atoms with van der Waals surface area (Å²) >= 11 is 0. The minimum Gasteiger partial charge on any atom is -0.381 e. The van der Waals surface area contributed by atoms with Crippen LogP contribution in [0.4, 0.5) is 4.39 Å². The summed E-state index contributed by atoms with van der Waals surface area (Å²) in [5.74, 6) is 0.753. The largest absolute Gasteiger partial charge is 0.381 e. The van der Waals surface area contributed by atoms with E-state index in [4.69, 9.17) is 10.5 Å². The predicted molar refractivity (Wildman–Crippen MR) is 87.5 cm³/mol. The van der Waals surface area contributed by atoms with Gasteiger partial charge in [0.2, 0.25) is 0 Å². The standard InChI is InChI=1S/C17H26FN3O/c1-13(2)11-20-16(19)21-12-17(6-8-22-9-7-17)14-4-3-5-15(18)10-14/h3-5,10,13H,6-9,11-12H2,1-2H3,(H3,19,20,21). The van der Waals surface area contributed by atoms with Gasteiger partial charge in [-0.05, 0) is 36.5 Å². The highest BCUT2D eigenvalue weighted by molar-refractivity contribution is 5.77. The van der Waals surface area contributed by atoms with E-state index in [1.54, 1.807) is 12.1 Å². The Morgan fingerprint density at radius 2 is 2.14 bits per heavy atom. The molecule has 0 spiro atoms. The van der Waals surface area contributed by atoms with Gasteiger partial charge in [0.15, 0.2) is 5.96 Å². The van der Waals surface area contributed by atoms with Crippen molar-refractivity contribution in [3.05, 3.63) is 35.6 Å². The van der Waals surface area contributed by atoms with E-state index in [0.717, 1.165) is 24.9 Å². The van der Waals surface area contributed by atoms with Crippen molar-refractivity contribution in [3.63, 3.8) is 0 Å². The molecule has 1 aliphatic heterocycles. The lowest BCUT2D eigenvalue weighted by Gasteiger charge is -2.36. The quantitative estimate of drug-likeness (QED) is 0.649. The Hall–Kier alpha value is -1.62. The first-order chi connectivity index (χ1) is 10.5. The Bertz CT molecular complexity index is 510. The van der Waals surface area contributed by atoms with Crippen LogP contribution in [0, 0.1) is 11.7 Å². The van der Waals surface area contributed by atoms with Crippen LogP contribution in [0.2, 0.25) is 0 Å². The first-order valence-electron chi connectivity index (χ1n) is 7.89. The van der Waals surface area contributed by atoms with E-state index in [1.807, 2.05) is 6.07 Å². The molecule has 0 amide bonds. The van der Waals surface area contributed by atoms with Crippen molar-refractivity contribution in [1.29, 1.82) is 0 Å². The third-order valence-corrected chi connectivity index (χ3v) is 4.13. The molecule has 22 heavy (non-hydrogen) atoms. The number of ether oxygens (including phenoxy) is 1. The maximum atomic E-state index is 13.6. The summed E-state index contributed by atoms with van der Waals surface area (Å²) in [6.45, 7) is 6.93. The molecule has 0 aromatic heterocycles. The van der Waals surface area contributed by atoms with Crippen LogP contribution < -0.4 is 11.1 Å². The summed E-state index contributed by atoms with van der Waals surface area (Å²) in [5, 5.41) is 3.12. The zero-order valence-electron chi connectivity index (χ0n) is 13.4. The molecule has 0 saturated carbocycles. The molecule has 1 saturated heterocycles. The molecule has 5 heteroatoms. The Kier molecular flexibility index (Phi) is 5.77. The molecule has 0 radical (unpaired) electrons. The summed E-state index contributed by atoms with van der Waals surface area (Å²) in [7, 11) is 0. The summed E-state index contributed by atoms with van der Waals surface area (Å²) < 4.78 is 19.1. The molecule has 1 aromatic rings. The lowest BCUT2D eigenvalue weighted by Crippen LogP contribution is -2.40.